The summed E-state index contributed by atoms with van der Waals surface area (Å²) < 4.78 is 3.57. The number of nitrogens with zero attached hydrogens (tertiary/aromatic N) is 4. The zero-order valence-corrected chi connectivity index (χ0v) is 14.2. The molecule has 3 rings (SSSR count). The van der Waals surface area contributed by atoms with Crippen molar-refractivity contribution in [3.63, 3.8) is 0 Å². The second-order valence-electron chi connectivity index (χ2n) is 5.12. The average molecular weight is 356 g/mol. The Morgan fingerprint density at radius 2 is 1.72 bits per heavy atom. The van der Waals surface area contributed by atoms with Crippen LogP contribution in [0.15, 0.2) is 60.3 Å². The standard InChI is InChI=1S/C16H16N6O2S/c1-12(23)18-13-4-6-14(7-5-13)19-15(24)10-25-16-20-17-11-22(16)21-8-2-3-9-21/h2-9,11H,10H2,1H3,(H,18,23)(H,19,24). The summed E-state index contributed by atoms with van der Waals surface area (Å²) in [5.74, 6) is -0.0905. The van der Waals surface area contributed by atoms with E-state index in [0.29, 0.717) is 16.5 Å². The maximum atomic E-state index is 12.1. The molecule has 8 nitrogen and oxygen atoms in total. The van der Waals surface area contributed by atoms with E-state index < -0.39 is 0 Å². The lowest BCUT2D eigenvalue weighted by atomic mass is 10.3. The summed E-state index contributed by atoms with van der Waals surface area (Å²) in [7, 11) is 0. The van der Waals surface area contributed by atoms with Crippen molar-refractivity contribution in [2.45, 2.75) is 12.1 Å². The van der Waals surface area contributed by atoms with Gasteiger partial charge in [-0.1, -0.05) is 11.8 Å². The van der Waals surface area contributed by atoms with E-state index in [-0.39, 0.29) is 17.6 Å². The molecule has 0 fully saturated rings. The molecule has 0 unspecified atom stereocenters. The Kier molecular flexibility index (Phi) is 5.14. The molecule has 0 aliphatic rings. The van der Waals surface area contributed by atoms with E-state index in [9.17, 15) is 9.59 Å². The highest BCUT2D eigenvalue weighted by Crippen LogP contribution is 2.17. The fourth-order valence-electron chi connectivity index (χ4n) is 2.11. The molecule has 9 heteroatoms. The number of amides is 2. The smallest absolute Gasteiger partial charge is 0.234 e. The van der Waals surface area contributed by atoms with Crippen LogP contribution in [-0.2, 0) is 9.59 Å². The number of anilines is 2. The molecular weight excluding hydrogens is 340 g/mol. The lowest BCUT2D eigenvalue weighted by Crippen LogP contribution is -2.15. The van der Waals surface area contributed by atoms with Gasteiger partial charge < -0.3 is 10.6 Å². The second kappa shape index (κ2) is 7.67. The maximum absolute atomic E-state index is 12.1. The first-order valence-electron chi connectivity index (χ1n) is 7.46. The van der Waals surface area contributed by atoms with Crippen molar-refractivity contribution in [3.05, 3.63) is 55.1 Å². The van der Waals surface area contributed by atoms with Gasteiger partial charge in [-0.2, -0.15) is 0 Å². The summed E-state index contributed by atoms with van der Waals surface area (Å²) in [6.45, 7) is 1.44. The first kappa shape index (κ1) is 16.8. The number of hydrogen-bond acceptors (Lipinski definition) is 5. The molecule has 128 valence electrons. The highest BCUT2D eigenvalue weighted by molar-refractivity contribution is 7.99. The number of carbonyl (C=O) groups excluding carboxylic acids is 2. The lowest BCUT2D eigenvalue weighted by molar-refractivity contribution is -0.114. The van der Waals surface area contributed by atoms with Crippen LogP contribution in [0.2, 0.25) is 0 Å². The first-order chi connectivity index (χ1) is 12.1. The van der Waals surface area contributed by atoms with Gasteiger partial charge >= 0.3 is 0 Å². The number of hydrogen-bond donors (Lipinski definition) is 2. The Balaban J connectivity index is 1.55. The molecule has 2 heterocycles. The number of aromatic nitrogens is 4. The molecule has 3 aromatic rings. The van der Waals surface area contributed by atoms with Crippen molar-refractivity contribution in [2.24, 2.45) is 0 Å². The molecule has 0 saturated carbocycles. The summed E-state index contributed by atoms with van der Waals surface area (Å²) in [4.78, 5) is 23.1. The van der Waals surface area contributed by atoms with Gasteiger partial charge in [-0.3, -0.25) is 14.3 Å². The van der Waals surface area contributed by atoms with Crippen molar-refractivity contribution < 1.29 is 9.59 Å². The van der Waals surface area contributed by atoms with E-state index in [4.69, 9.17) is 0 Å². The zero-order valence-electron chi connectivity index (χ0n) is 13.4. The van der Waals surface area contributed by atoms with Gasteiger partial charge in [0.15, 0.2) is 0 Å². The molecule has 1 aromatic carbocycles. The molecule has 0 spiro atoms. The first-order valence-corrected chi connectivity index (χ1v) is 8.44. The van der Waals surface area contributed by atoms with Gasteiger partial charge in [-0.15, -0.1) is 10.2 Å². The van der Waals surface area contributed by atoms with E-state index in [1.54, 1.807) is 35.3 Å². The molecule has 25 heavy (non-hydrogen) atoms. The van der Waals surface area contributed by atoms with E-state index in [1.165, 1.54) is 18.7 Å². The summed E-state index contributed by atoms with van der Waals surface area (Å²) in [5.41, 5.74) is 1.34. The predicted octanol–water partition coefficient (Wildman–Crippen LogP) is 2.08. The Bertz CT molecular complexity index is 857. The van der Waals surface area contributed by atoms with Gasteiger partial charge in [0, 0.05) is 30.7 Å². The van der Waals surface area contributed by atoms with Gasteiger partial charge in [-0.05, 0) is 36.4 Å². The van der Waals surface area contributed by atoms with Crippen LogP contribution in [0.1, 0.15) is 6.92 Å². The van der Waals surface area contributed by atoms with Crippen LogP contribution in [0.25, 0.3) is 0 Å². The molecule has 0 radical (unpaired) electrons. The average Bonchev–Trinajstić information content (AvgIpc) is 3.25. The van der Waals surface area contributed by atoms with Gasteiger partial charge in [-0.25, -0.2) is 4.68 Å². The zero-order chi connectivity index (χ0) is 17.6. The van der Waals surface area contributed by atoms with Crippen molar-refractivity contribution in [1.29, 1.82) is 0 Å². The summed E-state index contributed by atoms with van der Waals surface area (Å²) >= 11 is 1.29. The van der Waals surface area contributed by atoms with Gasteiger partial charge in [0.1, 0.15) is 6.33 Å². The third-order valence-corrected chi connectivity index (χ3v) is 4.09. The maximum Gasteiger partial charge on any atom is 0.234 e. The Morgan fingerprint density at radius 3 is 2.36 bits per heavy atom. The minimum atomic E-state index is -0.153. The fraction of sp³-hybridized carbons (Fsp3) is 0.125. The predicted molar refractivity (Wildman–Crippen MR) is 95.3 cm³/mol. The normalized spacial score (nSPS) is 10.4. The van der Waals surface area contributed by atoms with Crippen molar-refractivity contribution in [3.8, 4) is 0 Å². The van der Waals surface area contributed by atoms with Crippen molar-refractivity contribution in [1.82, 2.24) is 19.5 Å². The van der Waals surface area contributed by atoms with Crippen LogP contribution < -0.4 is 10.6 Å². The van der Waals surface area contributed by atoms with E-state index in [1.807, 2.05) is 29.2 Å². The van der Waals surface area contributed by atoms with Crippen molar-refractivity contribution in [2.75, 3.05) is 16.4 Å². The van der Waals surface area contributed by atoms with Crippen LogP contribution in [0.4, 0.5) is 11.4 Å². The number of carbonyl (C=O) groups is 2. The Labute approximate surface area is 148 Å². The molecule has 0 bridgehead atoms. The van der Waals surface area contributed by atoms with Crippen LogP contribution in [-0.4, -0.2) is 37.1 Å². The highest BCUT2D eigenvalue weighted by atomic mass is 32.2. The third-order valence-electron chi connectivity index (χ3n) is 3.16. The monoisotopic (exact) mass is 356 g/mol. The topological polar surface area (TPSA) is 93.8 Å². The number of nitrogens with one attached hydrogen (secondary N) is 2. The molecule has 0 saturated heterocycles. The van der Waals surface area contributed by atoms with E-state index >= 15 is 0 Å². The van der Waals surface area contributed by atoms with Crippen molar-refractivity contribution >= 4 is 35.0 Å². The highest BCUT2D eigenvalue weighted by Gasteiger charge is 2.10. The Morgan fingerprint density at radius 1 is 1.08 bits per heavy atom. The minimum Gasteiger partial charge on any atom is -0.326 e. The second-order valence-corrected chi connectivity index (χ2v) is 6.06. The molecular formula is C16H16N6O2S. The lowest BCUT2D eigenvalue weighted by Gasteiger charge is -2.08. The van der Waals surface area contributed by atoms with Gasteiger partial charge in [0.2, 0.25) is 17.0 Å². The largest absolute Gasteiger partial charge is 0.326 e. The van der Waals surface area contributed by atoms with E-state index in [0.717, 1.165) is 0 Å². The molecule has 2 aromatic heterocycles. The van der Waals surface area contributed by atoms with Gasteiger partial charge in [0.25, 0.3) is 0 Å². The number of rotatable bonds is 6. The summed E-state index contributed by atoms with van der Waals surface area (Å²) in [6, 6.07) is 10.7. The van der Waals surface area contributed by atoms with Crippen LogP contribution >= 0.6 is 11.8 Å². The third kappa shape index (κ3) is 4.48. The molecule has 0 atom stereocenters. The summed E-state index contributed by atoms with van der Waals surface area (Å²) in [6.07, 6.45) is 5.31. The quantitative estimate of drug-likeness (QED) is 0.660. The molecule has 0 aliphatic carbocycles. The summed E-state index contributed by atoms with van der Waals surface area (Å²) in [5, 5.41) is 14.0. The fourth-order valence-corrected chi connectivity index (χ4v) is 2.82. The number of thioether (sulfide) groups is 1. The number of benzene rings is 1. The minimum absolute atomic E-state index is 0.139. The Hall–Kier alpha value is -3.07. The van der Waals surface area contributed by atoms with Crippen LogP contribution in [0.5, 0.6) is 0 Å². The molecule has 2 amide bonds. The molecule has 2 N–H and O–H groups in total. The molecule has 0 aliphatic heterocycles. The van der Waals surface area contributed by atoms with Crippen LogP contribution in [0.3, 0.4) is 0 Å². The SMILES string of the molecule is CC(=O)Nc1ccc(NC(=O)CSc2nncn2-n2cccc2)cc1. The van der Waals surface area contributed by atoms with Gasteiger partial charge in [0.05, 0.1) is 5.75 Å². The van der Waals surface area contributed by atoms with Crippen LogP contribution in [0, 0.1) is 0 Å². The van der Waals surface area contributed by atoms with E-state index in [2.05, 4.69) is 20.8 Å².